The van der Waals surface area contributed by atoms with Gasteiger partial charge in [-0.1, -0.05) is 26.1 Å². The summed E-state index contributed by atoms with van der Waals surface area (Å²) >= 11 is 5.08. The lowest BCUT2D eigenvalue weighted by molar-refractivity contribution is 0.300. The van der Waals surface area contributed by atoms with Crippen LogP contribution in [0, 0.1) is 6.92 Å². The fourth-order valence-electron chi connectivity index (χ4n) is 2.41. The first-order valence-electron chi connectivity index (χ1n) is 7.77. The number of pyridine rings is 1. The van der Waals surface area contributed by atoms with Gasteiger partial charge in [0.25, 0.3) is 0 Å². The van der Waals surface area contributed by atoms with Crippen LogP contribution in [0.2, 0.25) is 0 Å². The molecule has 0 unspecified atom stereocenters. The highest BCUT2D eigenvalue weighted by Crippen LogP contribution is 2.15. The van der Waals surface area contributed by atoms with Gasteiger partial charge in [0, 0.05) is 24.3 Å². The molecule has 2 N–H and O–H groups in total. The van der Waals surface area contributed by atoms with Crippen LogP contribution in [0.3, 0.4) is 0 Å². The van der Waals surface area contributed by atoms with Crippen molar-refractivity contribution in [3.8, 4) is 0 Å². The Morgan fingerprint density at radius 3 is 2.33 bits per heavy atom. The first-order chi connectivity index (χ1) is 10.0. The maximum absolute atomic E-state index is 5.75. The third kappa shape index (κ3) is 5.59. The molecule has 0 amide bonds. The minimum Gasteiger partial charge on any atom is -0.389 e. The zero-order valence-electron chi connectivity index (χ0n) is 13.7. The lowest BCUT2D eigenvalue weighted by atomic mass is 10.2. The fraction of sp³-hybridized carbons (Fsp3) is 0.625. The summed E-state index contributed by atoms with van der Waals surface area (Å²) < 4.78 is 0. The average Bonchev–Trinajstić information content (AvgIpc) is 2.47. The average molecular weight is 308 g/mol. The van der Waals surface area contributed by atoms with Crippen molar-refractivity contribution in [3.05, 3.63) is 23.4 Å². The van der Waals surface area contributed by atoms with Crippen molar-refractivity contribution in [3.63, 3.8) is 0 Å². The Bertz CT molecular complexity index is 458. The van der Waals surface area contributed by atoms with Crippen molar-refractivity contribution < 1.29 is 0 Å². The lowest BCUT2D eigenvalue weighted by Crippen LogP contribution is -2.30. The Morgan fingerprint density at radius 2 is 1.81 bits per heavy atom. The maximum atomic E-state index is 5.75. The van der Waals surface area contributed by atoms with Crippen LogP contribution in [0.15, 0.2) is 12.1 Å². The second-order valence-electron chi connectivity index (χ2n) is 5.18. The minimum atomic E-state index is 0.431. The standard InChI is InChI=1S/C16H28N4S/c1-5-19(6-2)9-8-10-20(7-3)15-12-14(16(17)21)11-13(4)18-15/h11-12H,5-10H2,1-4H3,(H2,17,21). The third-order valence-electron chi connectivity index (χ3n) is 3.73. The van der Waals surface area contributed by atoms with Gasteiger partial charge in [0.05, 0.1) is 0 Å². The third-order valence-corrected chi connectivity index (χ3v) is 3.96. The highest BCUT2D eigenvalue weighted by molar-refractivity contribution is 7.80. The number of nitrogens with two attached hydrogens (primary N) is 1. The van der Waals surface area contributed by atoms with Gasteiger partial charge >= 0.3 is 0 Å². The topological polar surface area (TPSA) is 45.4 Å². The Kier molecular flexibility index (Phi) is 7.61. The van der Waals surface area contributed by atoms with E-state index >= 15 is 0 Å². The summed E-state index contributed by atoms with van der Waals surface area (Å²) in [5, 5.41) is 0. The Balaban J connectivity index is 2.73. The van der Waals surface area contributed by atoms with E-state index in [9.17, 15) is 0 Å². The number of thiocarbonyl (C=S) groups is 1. The Hall–Kier alpha value is -1.20. The van der Waals surface area contributed by atoms with E-state index < -0.39 is 0 Å². The molecule has 0 aliphatic heterocycles. The van der Waals surface area contributed by atoms with Crippen LogP contribution in [0.1, 0.15) is 38.4 Å². The van der Waals surface area contributed by atoms with E-state index in [-0.39, 0.29) is 0 Å². The van der Waals surface area contributed by atoms with E-state index in [1.807, 2.05) is 19.1 Å². The normalized spacial score (nSPS) is 10.9. The second kappa shape index (κ2) is 8.95. The molecule has 1 aromatic rings. The van der Waals surface area contributed by atoms with E-state index in [2.05, 4.69) is 35.6 Å². The summed E-state index contributed by atoms with van der Waals surface area (Å²) in [7, 11) is 0. The van der Waals surface area contributed by atoms with Crippen molar-refractivity contribution in [1.29, 1.82) is 0 Å². The number of hydrogen-bond donors (Lipinski definition) is 1. The molecule has 1 heterocycles. The van der Waals surface area contributed by atoms with Crippen LogP contribution in [-0.4, -0.2) is 47.6 Å². The Labute approximate surface area is 134 Å². The van der Waals surface area contributed by atoms with E-state index in [1.54, 1.807) is 0 Å². The van der Waals surface area contributed by atoms with Crippen molar-refractivity contribution in [1.82, 2.24) is 9.88 Å². The molecule has 0 radical (unpaired) electrons. The van der Waals surface area contributed by atoms with Gasteiger partial charge in [0.2, 0.25) is 0 Å². The molecular weight excluding hydrogens is 280 g/mol. The second-order valence-corrected chi connectivity index (χ2v) is 5.62. The van der Waals surface area contributed by atoms with Crippen LogP contribution in [0.4, 0.5) is 5.82 Å². The molecule has 5 heteroatoms. The van der Waals surface area contributed by atoms with Crippen LogP contribution in [-0.2, 0) is 0 Å². The van der Waals surface area contributed by atoms with E-state index in [4.69, 9.17) is 18.0 Å². The van der Waals surface area contributed by atoms with E-state index in [0.29, 0.717) is 4.99 Å². The monoisotopic (exact) mass is 308 g/mol. The molecule has 118 valence electrons. The minimum absolute atomic E-state index is 0.431. The summed E-state index contributed by atoms with van der Waals surface area (Å²) in [6, 6.07) is 3.94. The van der Waals surface area contributed by atoms with Crippen molar-refractivity contribution in [2.75, 3.05) is 37.6 Å². The van der Waals surface area contributed by atoms with Gasteiger partial charge in [0.15, 0.2) is 0 Å². The van der Waals surface area contributed by atoms with Gasteiger partial charge in [0.1, 0.15) is 10.8 Å². The molecule has 4 nitrogen and oxygen atoms in total. The van der Waals surface area contributed by atoms with Crippen molar-refractivity contribution in [2.24, 2.45) is 5.73 Å². The van der Waals surface area contributed by atoms with Gasteiger partial charge in [-0.15, -0.1) is 0 Å². The molecule has 0 fully saturated rings. The van der Waals surface area contributed by atoms with Crippen molar-refractivity contribution in [2.45, 2.75) is 34.1 Å². The van der Waals surface area contributed by atoms with E-state index in [1.165, 1.54) is 0 Å². The Morgan fingerprint density at radius 1 is 1.14 bits per heavy atom. The highest BCUT2D eigenvalue weighted by atomic mass is 32.1. The van der Waals surface area contributed by atoms with E-state index in [0.717, 1.165) is 56.2 Å². The quantitative estimate of drug-likeness (QED) is 0.710. The van der Waals surface area contributed by atoms with Crippen LogP contribution in [0.5, 0.6) is 0 Å². The number of aromatic nitrogens is 1. The number of hydrogen-bond acceptors (Lipinski definition) is 4. The molecule has 0 saturated carbocycles. The molecule has 0 saturated heterocycles. The summed E-state index contributed by atoms with van der Waals surface area (Å²) in [6.45, 7) is 13.8. The molecule has 1 rings (SSSR count). The molecule has 0 aliphatic carbocycles. The zero-order valence-corrected chi connectivity index (χ0v) is 14.5. The van der Waals surface area contributed by atoms with Crippen molar-refractivity contribution >= 4 is 23.0 Å². The number of anilines is 1. The van der Waals surface area contributed by atoms with Crippen LogP contribution < -0.4 is 10.6 Å². The van der Waals surface area contributed by atoms with Gasteiger partial charge in [-0.3, -0.25) is 0 Å². The summed E-state index contributed by atoms with van der Waals surface area (Å²) in [4.78, 5) is 9.79. The summed E-state index contributed by atoms with van der Waals surface area (Å²) in [6.07, 6.45) is 1.13. The largest absolute Gasteiger partial charge is 0.389 e. The molecular formula is C16H28N4S. The zero-order chi connectivity index (χ0) is 15.8. The summed E-state index contributed by atoms with van der Waals surface area (Å²) in [5.41, 5.74) is 7.60. The molecule has 0 bridgehead atoms. The maximum Gasteiger partial charge on any atom is 0.129 e. The predicted octanol–water partition coefficient (Wildman–Crippen LogP) is 2.58. The molecule has 0 aliphatic rings. The van der Waals surface area contributed by atoms with Gasteiger partial charge in [-0.25, -0.2) is 4.98 Å². The number of rotatable bonds is 9. The first-order valence-corrected chi connectivity index (χ1v) is 8.18. The molecule has 21 heavy (non-hydrogen) atoms. The highest BCUT2D eigenvalue weighted by Gasteiger charge is 2.10. The SMILES string of the molecule is CCN(CC)CCCN(CC)c1cc(C(N)=S)cc(C)n1. The van der Waals surface area contributed by atoms with Gasteiger partial charge in [-0.2, -0.15) is 0 Å². The predicted molar refractivity (Wildman–Crippen MR) is 95.2 cm³/mol. The van der Waals surface area contributed by atoms with Gasteiger partial charge in [-0.05, 0) is 52.0 Å². The number of nitrogens with zero attached hydrogens (tertiary/aromatic N) is 3. The molecule has 0 atom stereocenters. The van der Waals surface area contributed by atoms with Crippen LogP contribution in [0.25, 0.3) is 0 Å². The fourth-order valence-corrected chi connectivity index (χ4v) is 2.53. The van der Waals surface area contributed by atoms with Crippen LogP contribution >= 0.6 is 12.2 Å². The first kappa shape index (κ1) is 17.9. The smallest absolute Gasteiger partial charge is 0.129 e. The number of aryl methyl sites for hydroxylation is 1. The lowest BCUT2D eigenvalue weighted by Gasteiger charge is -2.25. The molecule has 1 aromatic heterocycles. The van der Waals surface area contributed by atoms with Gasteiger partial charge < -0.3 is 15.5 Å². The molecule has 0 aromatic carbocycles. The molecule has 0 spiro atoms. The summed E-state index contributed by atoms with van der Waals surface area (Å²) in [5.74, 6) is 0.972.